The van der Waals surface area contributed by atoms with Crippen molar-refractivity contribution < 1.29 is 9.53 Å². The van der Waals surface area contributed by atoms with Crippen molar-refractivity contribution in [2.75, 3.05) is 19.7 Å². The zero-order valence-corrected chi connectivity index (χ0v) is 14.8. The Morgan fingerprint density at radius 1 is 1.13 bits per heavy atom. The quantitative estimate of drug-likeness (QED) is 0.865. The van der Waals surface area contributed by atoms with E-state index in [0.29, 0.717) is 6.04 Å². The summed E-state index contributed by atoms with van der Waals surface area (Å²) in [5.74, 6) is 0.445. The van der Waals surface area contributed by atoms with Crippen LogP contribution in [0.15, 0.2) is 0 Å². The molecule has 1 amide bonds. The molecule has 1 aliphatic carbocycles. The highest BCUT2D eigenvalue weighted by Gasteiger charge is 2.31. The average molecular weight is 322 g/mol. The van der Waals surface area contributed by atoms with Crippen LogP contribution in [0.25, 0.3) is 0 Å². The monoisotopic (exact) mass is 322 g/mol. The van der Waals surface area contributed by atoms with Gasteiger partial charge in [0.15, 0.2) is 0 Å². The zero-order chi connectivity index (χ0) is 16.1. The summed E-state index contributed by atoms with van der Waals surface area (Å²) in [5, 5.41) is 3.37. The molecule has 0 spiro atoms. The summed E-state index contributed by atoms with van der Waals surface area (Å²) in [5.41, 5.74) is 0. The van der Waals surface area contributed by atoms with Gasteiger partial charge in [-0.25, -0.2) is 0 Å². The summed E-state index contributed by atoms with van der Waals surface area (Å²) in [7, 11) is 0. The Labute approximate surface area is 141 Å². The molecule has 0 bridgehead atoms. The SMILES string of the molecule is CC[C@@H]1C[C@@H](C(=O)N[C@@H]2CCCN(C3CCCCC3)C2)CCO1. The van der Waals surface area contributed by atoms with Crippen LogP contribution in [0.2, 0.25) is 0 Å². The van der Waals surface area contributed by atoms with Gasteiger partial charge in [-0.15, -0.1) is 0 Å². The van der Waals surface area contributed by atoms with Crippen molar-refractivity contribution in [2.45, 2.75) is 89.3 Å². The third kappa shape index (κ3) is 4.69. The maximum atomic E-state index is 12.6. The van der Waals surface area contributed by atoms with E-state index in [1.165, 1.54) is 45.1 Å². The predicted molar refractivity (Wildman–Crippen MR) is 92.4 cm³/mol. The third-order valence-corrected chi connectivity index (χ3v) is 6.08. The van der Waals surface area contributed by atoms with Gasteiger partial charge in [0, 0.05) is 31.2 Å². The number of likely N-dealkylation sites (tertiary alicyclic amines) is 1. The van der Waals surface area contributed by atoms with Crippen molar-refractivity contribution in [3.8, 4) is 0 Å². The number of ether oxygens (including phenoxy) is 1. The van der Waals surface area contributed by atoms with Gasteiger partial charge in [0.2, 0.25) is 5.91 Å². The van der Waals surface area contributed by atoms with E-state index in [1.807, 2.05) is 0 Å². The molecule has 0 radical (unpaired) electrons. The summed E-state index contributed by atoms with van der Waals surface area (Å²) in [6.45, 7) is 5.19. The van der Waals surface area contributed by atoms with Gasteiger partial charge in [-0.3, -0.25) is 9.69 Å². The van der Waals surface area contributed by atoms with Gasteiger partial charge in [0.25, 0.3) is 0 Å². The smallest absolute Gasteiger partial charge is 0.223 e. The predicted octanol–water partition coefficient (Wildman–Crippen LogP) is 3.10. The molecule has 3 aliphatic rings. The highest BCUT2D eigenvalue weighted by atomic mass is 16.5. The van der Waals surface area contributed by atoms with Crippen LogP contribution in [0.1, 0.15) is 71.1 Å². The highest BCUT2D eigenvalue weighted by Crippen LogP contribution is 2.26. The number of hydrogen-bond donors (Lipinski definition) is 1. The lowest BCUT2D eigenvalue weighted by atomic mass is 9.91. The number of hydrogen-bond acceptors (Lipinski definition) is 3. The van der Waals surface area contributed by atoms with Crippen molar-refractivity contribution in [2.24, 2.45) is 5.92 Å². The molecule has 2 saturated heterocycles. The fourth-order valence-corrected chi connectivity index (χ4v) is 4.62. The van der Waals surface area contributed by atoms with Crippen LogP contribution in [0, 0.1) is 5.92 Å². The summed E-state index contributed by atoms with van der Waals surface area (Å²) in [6.07, 6.45) is 12.4. The molecule has 0 unspecified atom stereocenters. The number of amides is 1. The van der Waals surface area contributed by atoms with Gasteiger partial charge >= 0.3 is 0 Å². The molecule has 4 nitrogen and oxygen atoms in total. The van der Waals surface area contributed by atoms with E-state index < -0.39 is 0 Å². The maximum Gasteiger partial charge on any atom is 0.223 e. The molecule has 0 aromatic heterocycles. The van der Waals surface area contributed by atoms with Crippen molar-refractivity contribution in [3.05, 3.63) is 0 Å². The summed E-state index contributed by atoms with van der Waals surface area (Å²) < 4.78 is 5.71. The van der Waals surface area contributed by atoms with Crippen LogP contribution in [-0.2, 0) is 9.53 Å². The molecule has 23 heavy (non-hydrogen) atoms. The molecule has 1 saturated carbocycles. The van der Waals surface area contributed by atoms with Crippen LogP contribution in [0.4, 0.5) is 0 Å². The van der Waals surface area contributed by atoms with Gasteiger partial charge in [0.05, 0.1) is 6.10 Å². The lowest BCUT2D eigenvalue weighted by Crippen LogP contribution is -2.52. The number of carbonyl (C=O) groups excluding carboxylic acids is 1. The van der Waals surface area contributed by atoms with E-state index in [2.05, 4.69) is 17.1 Å². The summed E-state index contributed by atoms with van der Waals surface area (Å²) in [6, 6.07) is 1.14. The average Bonchev–Trinajstić information content (AvgIpc) is 2.63. The van der Waals surface area contributed by atoms with Crippen LogP contribution >= 0.6 is 0 Å². The second-order valence-electron chi connectivity index (χ2n) is 7.76. The first-order valence-corrected chi connectivity index (χ1v) is 9.92. The van der Waals surface area contributed by atoms with Crippen LogP contribution in [0.5, 0.6) is 0 Å². The largest absolute Gasteiger partial charge is 0.378 e. The Kier molecular flexibility index (Phi) is 6.35. The molecule has 132 valence electrons. The Bertz CT molecular complexity index is 382. The van der Waals surface area contributed by atoms with Crippen LogP contribution in [0.3, 0.4) is 0 Å². The molecular weight excluding hydrogens is 288 g/mol. The Balaban J connectivity index is 1.47. The van der Waals surface area contributed by atoms with Crippen molar-refractivity contribution in [1.82, 2.24) is 10.2 Å². The molecule has 3 rings (SSSR count). The van der Waals surface area contributed by atoms with Crippen molar-refractivity contribution in [3.63, 3.8) is 0 Å². The minimum atomic E-state index is 0.166. The van der Waals surface area contributed by atoms with Gasteiger partial charge < -0.3 is 10.1 Å². The molecule has 3 fully saturated rings. The zero-order valence-electron chi connectivity index (χ0n) is 14.8. The Hall–Kier alpha value is -0.610. The topological polar surface area (TPSA) is 41.6 Å². The molecular formula is C19H34N2O2. The fourth-order valence-electron chi connectivity index (χ4n) is 4.62. The van der Waals surface area contributed by atoms with Gasteiger partial charge in [-0.1, -0.05) is 26.2 Å². The van der Waals surface area contributed by atoms with E-state index >= 15 is 0 Å². The maximum absolute atomic E-state index is 12.6. The minimum absolute atomic E-state index is 0.166. The first kappa shape index (κ1) is 17.2. The molecule has 4 heteroatoms. The fraction of sp³-hybridized carbons (Fsp3) is 0.947. The van der Waals surface area contributed by atoms with Crippen LogP contribution < -0.4 is 5.32 Å². The molecule has 0 aromatic carbocycles. The van der Waals surface area contributed by atoms with Gasteiger partial charge in [-0.05, 0) is 51.5 Å². The first-order chi connectivity index (χ1) is 11.3. The van der Waals surface area contributed by atoms with E-state index in [4.69, 9.17) is 4.74 Å². The second-order valence-corrected chi connectivity index (χ2v) is 7.76. The molecule has 2 aliphatic heterocycles. The number of nitrogens with zero attached hydrogens (tertiary/aromatic N) is 1. The lowest BCUT2D eigenvalue weighted by Gasteiger charge is -2.40. The molecule has 0 aromatic rings. The molecule has 3 atom stereocenters. The number of rotatable bonds is 4. The van der Waals surface area contributed by atoms with E-state index in [-0.39, 0.29) is 17.9 Å². The molecule has 2 heterocycles. The first-order valence-electron chi connectivity index (χ1n) is 9.92. The Morgan fingerprint density at radius 3 is 2.74 bits per heavy atom. The highest BCUT2D eigenvalue weighted by molar-refractivity contribution is 5.79. The summed E-state index contributed by atoms with van der Waals surface area (Å²) >= 11 is 0. The second kappa shape index (κ2) is 8.48. The van der Waals surface area contributed by atoms with Gasteiger partial charge in [-0.2, -0.15) is 0 Å². The van der Waals surface area contributed by atoms with E-state index in [9.17, 15) is 4.79 Å². The third-order valence-electron chi connectivity index (χ3n) is 6.08. The number of piperidine rings is 1. The van der Waals surface area contributed by atoms with Gasteiger partial charge in [0.1, 0.15) is 0 Å². The number of carbonyl (C=O) groups is 1. The number of nitrogens with one attached hydrogen (secondary N) is 1. The lowest BCUT2D eigenvalue weighted by molar-refractivity contribution is -0.131. The summed E-state index contributed by atoms with van der Waals surface area (Å²) in [4.78, 5) is 15.3. The van der Waals surface area contributed by atoms with Crippen molar-refractivity contribution >= 4 is 5.91 Å². The standard InChI is InChI=1S/C19H34N2O2/c1-2-18-13-15(10-12-23-18)19(22)20-16-7-6-11-21(14-16)17-8-4-3-5-9-17/h15-18H,2-14H2,1H3,(H,20,22)/t15-,16+,18+/m0/s1. The van der Waals surface area contributed by atoms with Crippen molar-refractivity contribution in [1.29, 1.82) is 0 Å². The minimum Gasteiger partial charge on any atom is -0.378 e. The normalized spacial score (nSPS) is 34.2. The van der Waals surface area contributed by atoms with Crippen LogP contribution in [-0.4, -0.2) is 48.7 Å². The Morgan fingerprint density at radius 2 is 1.96 bits per heavy atom. The van der Waals surface area contributed by atoms with E-state index in [0.717, 1.165) is 44.9 Å². The van der Waals surface area contributed by atoms with E-state index in [1.54, 1.807) is 0 Å². The molecule has 1 N–H and O–H groups in total.